The fraction of sp³-hybridized carbons (Fsp3) is 0.100. The third-order valence-corrected chi connectivity index (χ3v) is 4.13. The summed E-state index contributed by atoms with van der Waals surface area (Å²) in [7, 11) is 1.47. The van der Waals surface area contributed by atoms with Crippen LogP contribution in [-0.2, 0) is 0 Å². The number of nitrogens with zero attached hydrogens (tertiary/aromatic N) is 2. The van der Waals surface area contributed by atoms with Gasteiger partial charge in [0.1, 0.15) is 0 Å². The molecule has 1 amide bonds. The number of hydrogen-bond acceptors (Lipinski definition) is 2. The number of hydrogen-bond donors (Lipinski definition) is 0. The maximum absolute atomic E-state index is 13.5. The van der Waals surface area contributed by atoms with E-state index >= 15 is 0 Å². The Morgan fingerprint density at radius 2 is 1.65 bits per heavy atom. The van der Waals surface area contributed by atoms with E-state index in [9.17, 15) is 18.0 Å². The van der Waals surface area contributed by atoms with Crippen LogP contribution in [0.5, 0.6) is 0 Å². The Kier molecular flexibility index (Phi) is 4.75. The van der Waals surface area contributed by atoms with E-state index in [1.54, 1.807) is 12.3 Å². The van der Waals surface area contributed by atoms with Crippen LogP contribution in [-0.4, -0.2) is 17.9 Å². The molecule has 0 aliphatic heterocycles. The Labute approximate surface area is 148 Å². The minimum absolute atomic E-state index is 0.288. The molecule has 0 unspecified atom stereocenters. The quantitative estimate of drug-likeness (QED) is 0.635. The molecule has 0 spiro atoms. The van der Waals surface area contributed by atoms with Crippen molar-refractivity contribution in [3.05, 3.63) is 83.4 Å². The van der Waals surface area contributed by atoms with Crippen LogP contribution in [0.2, 0.25) is 0 Å². The number of halogens is 3. The number of carbonyl (C=O) groups is 1. The summed E-state index contributed by atoms with van der Waals surface area (Å²) >= 11 is 0. The normalized spacial score (nSPS) is 10.7. The monoisotopic (exact) mass is 356 g/mol. The molecular formula is C20H15F3N2O. The van der Waals surface area contributed by atoms with Gasteiger partial charge in [0.15, 0.2) is 17.5 Å². The number of pyridine rings is 1. The van der Waals surface area contributed by atoms with E-state index in [0.29, 0.717) is 17.8 Å². The molecule has 1 aromatic heterocycles. The number of aromatic nitrogens is 1. The van der Waals surface area contributed by atoms with Crippen LogP contribution in [0.4, 0.5) is 18.9 Å². The van der Waals surface area contributed by atoms with Gasteiger partial charge in [0.05, 0.1) is 11.9 Å². The number of anilines is 1. The number of benzene rings is 2. The maximum Gasteiger partial charge on any atom is 0.258 e. The fourth-order valence-corrected chi connectivity index (χ4v) is 2.74. The van der Waals surface area contributed by atoms with Crippen molar-refractivity contribution in [2.45, 2.75) is 6.92 Å². The summed E-state index contributed by atoms with van der Waals surface area (Å²) in [4.78, 5) is 18.0. The summed E-state index contributed by atoms with van der Waals surface area (Å²) in [5, 5.41) is 0. The zero-order valence-electron chi connectivity index (χ0n) is 14.1. The van der Waals surface area contributed by atoms with Gasteiger partial charge in [0, 0.05) is 24.4 Å². The SMILES string of the molecule is Cc1ccccc1-c1ccncc1N(C)C(=O)c1cc(F)c(F)c(F)c1. The van der Waals surface area contributed by atoms with Crippen LogP contribution in [0, 0.1) is 24.4 Å². The molecule has 0 fully saturated rings. The van der Waals surface area contributed by atoms with Crippen LogP contribution >= 0.6 is 0 Å². The molecule has 3 rings (SSSR count). The summed E-state index contributed by atoms with van der Waals surface area (Å²) in [6, 6.07) is 10.7. The van der Waals surface area contributed by atoms with E-state index < -0.39 is 23.4 Å². The summed E-state index contributed by atoms with van der Waals surface area (Å²) < 4.78 is 40.1. The van der Waals surface area contributed by atoms with Gasteiger partial charge in [-0.3, -0.25) is 9.78 Å². The zero-order valence-corrected chi connectivity index (χ0v) is 14.1. The summed E-state index contributed by atoms with van der Waals surface area (Å²) in [6.45, 7) is 1.94. The number of aryl methyl sites for hydroxylation is 1. The summed E-state index contributed by atoms with van der Waals surface area (Å²) in [5.41, 5.74) is 2.83. The summed E-state index contributed by atoms with van der Waals surface area (Å²) in [5.74, 6) is -5.10. The molecule has 3 aromatic rings. The van der Waals surface area contributed by atoms with Gasteiger partial charge in [-0.1, -0.05) is 24.3 Å². The molecular weight excluding hydrogens is 341 g/mol. The second-order valence-corrected chi connectivity index (χ2v) is 5.83. The highest BCUT2D eigenvalue weighted by molar-refractivity contribution is 6.07. The molecule has 0 bridgehead atoms. The molecule has 0 saturated heterocycles. The first-order valence-corrected chi connectivity index (χ1v) is 7.82. The second kappa shape index (κ2) is 7.00. The van der Waals surface area contributed by atoms with E-state index in [2.05, 4.69) is 4.98 Å². The molecule has 2 aromatic carbocycles. The van der Waals surface area contributed by atoms with E-state index in [1.807, 2.05) is 31.2 Å². The van der Waals surface area contributed by atoms with E-state index in [-0.39, 0.29) is 5.56 Å². The molecule has 26 heavy (non-hydrogen) atoms. The van der Waals surface area contributed by atoms with Crippen molar-refractivity contribution in [3.8, 4) is 11.1 Å². The highest BCUT2D eigenvalue weighted by Crippen LogP contribution is 2.32. The lowest BCUT2D eigenvalue weighted by Gasteiger charge is -2.21. The van der Waals surface area contributed by atoms with E-state index in [4.69, 9.17) is 0 Å². The van der Waals surface area contributed by atoms with Gasteiger partial charge >= 0.3 is 0 Å². The predicted molar refractivity (Wildman–Crippen MR) is 93.5 cm³/mol. The van der Waals surface area contributed by atoms with Crippen molar-refractivity contribution in [2.24, 2.45) is 0 Å². The van der Waals surface area contributed by atoms with Gasteiger partial charge in [-0.15, -0.1) is 0 Å². The molecule has 3 nitrogen and oxygen atoms in total. The predicted octanol–water partition coefficient (Wildman–Crippen LogP) is 4.75. The third kappa shape index (κ3) is 3.18. The van der Waals surface area contributed by atoms with Crippen molar-refractivity contribution in [2.75, 3.05) is 11.9 Å². The van der Waals surface area contributed by atoms with Crippen molar-refractivity contribution >= 4 is 11.6 Å². The average Bonchev–Trinajstić information content (AvgIpc) is 2.65. The largest absolute Gasteiger partial charge is 0.309 e. The van der Waals surface area contributed by atoms with Crippen LogP contribution < -0.4 is 4.90 Å². The van der Waals surface area contributed by atoms with Crippen molar-refractivity contribution in [1.82, 2.24) is 4.98 Å². The van der Waals surface area contributed by atoms with Gasteiger partial charge in [-0.2, -0.15) is 0 Å². The smallest absolute Gasteiger partial charge is 0.258 e. The van der Waals surface area contributed by atoms with Gasteiger partial charge in [-0.25, -0.2) is 13.2 Å². The molecule has 0 aliphatic rings. The molecule has 0 atom stereocenters. The molecule has 0 N–H and O–H groups in total. The summed E-state index contributed by atoms with van der Waals surface area (Å²) in [6.07, 6.45) is 3.09. The lowest BCUT2D eigenvalue weighted by Crippen LogP contribution is -2.27. The molecule has 0 saturated carbocycles. The van der Waals surface area contributed by atoms with Gasteiger partial charge in [0.25, 0.3) is 5.91 Å². The first-order chi connectivity index (χ1) is 12.4. The highest BCUT2D eigenvalue weighted by atomic mass is 19.2. The van der Waals surface area contributed by atoms with Crippen LogP contribution in [0.1, 0.15) is 15.9 Å². The van der Waals surface area contributed by atoms with E-state index in [0.717, 1.165) is 16.7 Å². The Hall–Kier alpha value is -3.15. The first-order valence-electron chi connectivity index (χ1n) is 7.82. The van der Waals surface area contributed by atoms with Gasteiger partial charge < -0.3 is 4.90 Å². The Morgan fingerprint density at radius 3 is 2.31 bits per heavy atom. The highest BCUT2D eigenvalue weighted by Gasteiger charge is 2.21. The Balaban J connectivity index is 2.05. The topological polar surface area (TPSA) is 33.2 Å². The van der Waals surface area contributed by atoms with Crippen molar-refractivity contribution in [3.63, 3.8) is 0 Å². The minimum atomic E-state index is -1.61. The van der Waals surface area contributed by atoms with E-state index in [1.165, 1.54) is 18.1 Å². The Morgan fingerprint density at radius 1 is 1.00 bits per heavy atom. The molecule has 0 aliphatic carbocycles. The number of carbonyl (C=O) groups excluding carboxylic acids is 1. The zero-order chi connectivity index (χ0) is 18.8. The lowest BCUT2D eigenvalue weighted by molar-refractivity contribution is 0.0992. The Bertz CT molecular complexity index is 965. The van der Waals surface area contributed by atoms with Crippen molar-refractivity contribution in [1.29, 1.82) is 0 Å². The number of amides is 1. The maximum atomic E-state index is 13.5. The molecule has 132 valence electrons. The lowest BCUT2D eigenvalue weighted by atomic mass is 9.99. The molecule has 1 heterocycles. The average molecular weight is 356 g/mol. The minimum Gasteiger partial charge on any atom is -0.309 e. The van der Waals surface area contributed by atoms with Gasteiger partial charge in [-0.05, 0) is 36.2 Å². The molecule has 0 radical (unpaired) electrons. The van der Waals surface area contributed by atoms with Crippen LogP contribution in [0.15, 0.2) is 54.9 Å². The standard InChI is InChI=1S/C20H15F3N2O/c1-12-5-3-4-6-14(12)15-7-8-24-11-18(15)25(2)20(26)13-9-16(21)19(23)17(22)10-13/h3-11H,1-2H3. The van der Waals surface area contributed by atoms with Gasteiger partial charge in [0.2, 0.25) is 0 Å². The third-order valence-electron chi connectivity index (χ3n) is 4.13. The second-order valence-electron chi connectivity index (χ2n) is 5.83. The first kappa shape index (κ1) is 17.7. The van der Waals surface area contributed by atoms with Crippen LogP contribution in [0.25, 0.3) is 11.1 Å². The van der Waals surface area contributed by atoms with Crippen LogP contribution in [0.3, 0.4) is 0 Å². The number of rotatable bonds is 3. The fourth-order valence-electron chi connectivity index (χ4n) is 2.74. The van der Waals surface area contributed by atoms with Crippen molar-refractivity contribution < 1.29 is 18.0 Å². The molecule has 6 heteroatoms.